The highest BCUT2D eigenvalue weighted by Crippen LogP contribution is 2.17. The molecule has 0 fully saturated rings. The molecule has 0 amide bonds. The van der Waals surface area contributed by atoms with Gasteiger partial charge in [0.05, 0.1) is 12.4 Å². The minimum atomic E-state index is 0. The first kappa shape index (κ1) is 21.4. The second-order valence-electron chi connectivity index (χ2n) is 3.42. The van der Waals surface area contributed by atoms with Crippen LogP contribution in [0.5, 0.6) is 0 Å². The van der Waals surface area contributed by atoms with Gasteiger partial charge in [0.1, 0.15) is 10.8 Å². The Balaban J connectivity index is 0. The molecule has 0 bridgehead atoms. The van der Waals surface area contributed by atoms with Crippen LogP contribution in [0.25, 0.3) is 5.65 Å². The number of hydrogen-bond acceptors (Lipinski definition) is 4. The van der Waals surface area contributed by atoms with Gasteiger partial charge in [0.25, 0.3) is 0 Å². The molecular formula is C11H15Cl4N5. The molecule has 0 spiro atoms. The highest BCUT2D eigenvalue weighted by molar-refractivity contribution is 6.29. The van der Waals surface area contributed by atoms with Gasteiger partial charge in [0, 0.05) is 13.0 Å². The third kappa shape index (κ3) is 4.58. The highest BCUT2D eigenvalue weighted by atomic mass is 35.5. The van der Waals surface area contributed by atoms with E-state index >= 15 is 0 Å². The van der Waals surface area contributed by atoms with Gasteiger partial charge in [0.2, 0.25) is 0 Å². The zero-order chi connectivity index (χ0) is 12.3. The van der Waals surface area contributed by atoms with Crippen molar-refractivity contribution < 1.29 is 0 Å². The molecule has 20 heavy (non-hydrogen) atoms. The number of nitrogens with zero attached hydrogens (tertiary/aromatic N) is 3. The van der Waals surface area contributed by atoms with Crippen molar-refractivity contribution >= 4 is 60.3 Å². The average molecular weight is 359 g/mol. The predicted octanol–water partition coefficient (Wildman–Crippen LogP) is 2.19. The van der Waals surface area contributed by atoms with Crippen LogP contribution in [-0.2, 0) is 0 Å². The van der Waals surface area contributed by atoms with Crippen LogP contribution in [0.3, 0.4) is 0 Å². The normalized spacial score (nSPS) is 8.70. The van der Waals surface area contributed by atoms with Gasteiger partial charge >= 0.3 is 0 Å². The number of rotatable bonds is 2. The topological polar surface area (TPSA) is 68.2 Å². The molecule has 2 heterocycles. The zero-order valence-electron chi connectivity index (χ0n) is 10.6. The van der Waals surface area contributed by atoms with Crippen LogP contribution in [0.15, 0.2) is 12.4 Å². The maximum Gasteiger partial charge on any atom is 0.182 e. The maximum atomic E-state index is 6.04. The van der Waals surface area contributed by atoms with Crippen molar-refractivity contribution in [3.63, 3.8) is 0 Å². The number of fused-ring (bicyclic) bond motifs is 1. The molecular weight excluding hydrogens is 344 g/mol. The van der Waals surface area contributed by atoms with E-state index < -0.39 is 0 Å². The van der Waals surface area contributed by atoms with E-state index in [1.54, 1.807) is 10.6 Å². The van der Waals surface area contributed by atoms with Crippen molar-refractivity contribution in [2.75, 3.05) is 19.3 Å². The maximum absolute atomic E-state index is 6.04. The Morgan fingerprint density at radius 3 is 2.65 bits per heavy atom. The number of hydrogen-bond donors (Lipinski definition) is 2. The quantitative estimate of drug-likeness (QED) is 0.637. The molecule has 3 N–H and O–H groups in total. The van der Waals surface area contributed by atoms with Gasteiger partial charge in [-0.25, -0.2) is 9.97 Å². The molecule has 0 aliphatic rings. The first-order valence-corrected chi connectivity index (χ1v) is 5.52. The van der Waals surface area contributed by atoms with Gasteiger partial charge in [-0.3, -0.25) is 4.40 Å². The third-order valence-electron chi connectivity index (χ3n) is 2.23. The van der Waals surface area contributed by atoms with E-state index in [4.69, 9.17) is 17.3 Å². The largest absolute Gasteiger partial charge is 0.381 e. The lowest BCUT2D eigenvalue weighted by molar-refractivity contribution is 0.818. The van der Waals surface area contributed by atoms with Crippen molar-refractivity contribution in [2.45, 2.75) is 6.42 Å². The molecule has 0 atom stereocenters. The predicted molar refractivity (Wildman–Crippen MR) is 89.6 cm³/mol. The Morgan fingerprint density at radius 1 is 1.30 bits per heavy atom. The molecule has 2 aromatic heterocycles. The number of halogens is 4. The van der Waals surface area contributed by atoms with E-state index in [0.717, 1.165) is 18.7 Å². The standard InChI is InChI=1S/C11H12ClN5.3ClH/c1-14-5-3-2-4-8-6-16-11-10(13)15-7-9(12)17(8)11;;;/h6-7,14H,3,5H2,1H3,(H2,13,15);3*1H. The molecule has 0 saturated carbocycles. The Hall–Kier alpha value is -0.900. The fourth-order valence-electron chi connectivity index (χ4n) is 1.42. The first-order chi connectivity index (χ1) is 8.24. The van der Waals surface area contributed by atoms with Crippen LogP contribution in [0, 0.1) is 11.8 Å². The van der Waals surface area contributed by atoms with E-state index in [0.29, 0.717) is 16.6 Å². The molecule has 0 saturated heterocycles. The molecule has 0 aliphatic heterocycles. The summed E-state index contributed by atoms with van der Waals surface area (Å²) in [6.07, 6.45) is 3.90. The number of aromatic nitrogens is 3. The molecule has 112 valence electrons. The molecule has 0 unspecified atom stereocenters. The van der Waals surface area contributed by atoms with Crippen LogP contribution in [0.1, 0.15) is 12.1 Å². The van der Waals surface area contributed by atoms with E-state index in [9.17, 15) is 0 Å². The molecule has 2 rings (SSSR count). The Morgan fingerprint density at radius 2 is 2.00 bits per heavy atom. The van der Waals surface area contributed by atoms with Crippen molar-refractivity contribution in [2.24, 2.45) is 0 Å². The summed E-state index contributed by atoms with van der Waals surface area (Å²) in [6, 6.07) is 0. The number of nitrogens with one attached hydrogen (secondary N) is 1. The van der Waals surface area contributed by atoms with Crippen LogP contribution < -0.4 is 11.1 Å². The Kier molecular flexibility index (Phi) is 10.6. The number of nitrogen functional groups attached to an aromatic ring is 1. The van der Waals surface area contributed by atoms with E-state index in [1.165, 1.54) is 6.20 Å². The first-order valence-electron chi connectivity index (χ1n) is 5.15. The summed E-state index contributed by atoms with van der Waals surface area (Å²) < 4.78 is 1.69. The summed E-state index contributed by atoms with van der Waals surface area (Å²) in [5, 5.41) is 3.47. The van der Waals surface area contributed by atoms with Gasteiger partial charge < -0.3 is 11.1 Å². The van der Waals surface area contributed by atoms with Crippen LogP contribution >= 0.6 is 48.8 Å². The average Bonchev–Trinajstić information content (AvgIpc) is 2.75. The van der Waals surface area contributed by atoms with Gasteiger partial charge in [-0.05, 0) is 13.0 Å². The fourth-order valence-corrected chi connectivity index (χ4v) is 1.64. The van der Waals surface area contributed by atoms with E-state index in [-0.39, 0.29) is 37.2 Å². The van der Waals surface area contributed by atoms with Gasteiger partial charge in [-0.2, -0.15) is 0 Å². The second-order valence-corrected chi connectivity index (χ2v) is 3.81. The summed E-state index contributed by atoms with van der Waals surface area (Å²) in [5.74, 6) is 6.39. The SMILES string of the molecule is CNCCC#Cc1cnc2c(N)ncc(Cl)n12.Cl.Cl.Cl. The summed E-state index contributed by atoms with van der Waals surface area (Å²) in [6.45, 7) is 0.848. The minimum absolute atomic E-state index is 0. The lowest BCUT2D eigenvalue weighted by atomic mass is 10.4. The highest BCUT2D eigenvalue weighted by Gasteiger charge is 2.08. The summed E-state index contributed by atoms with van der Waals surface area (Å²) in [7, 11) is 1.89. The summed E-state index contributed by atoms with van der Waals surface area (Å²) in [4.78, 5) is 8.09. The molecule has 2 aromatic rings. The Bertz CT molecular complexity index is 602. The monoisotopic (exact) mass is 357 g/mol. The lowest BCUT2D eigenvalue weighted by Crippen LogP contribution is -2.06. The summed E-state index contributed by atoms with van der Waals surface area (Å²) in [5.41, 5.74) is 6.96. The molecule has 5 nitrogen and oxygen atoms in total. The molecule has 9 heteroatoms. The fraction of sp³-hybridized carbons (Fsp3) is 0.273. The second kappa shape index (κ2) is 9.92. The van der Waals surface area contributed by atoms with Crippen LogP contribution in [-0.4, -0.2) is 28.0 Å². The van der Waals surface area contributed by atoms with Crippen molar-refractivity contribution in [3.05, 3.63) is 23.2 Å². The number of imidazole rings is 1. The van der Waals surface area contributed by atoms with Crippen molar-refractivity contribution in [3.8, 4) is 11.8 Å². The summed E-state index contributed by atoms with van der Waals surface area (Å²) >= 11 is 6.04. The number of anilines is 1. The van der Waals surface area contributed by atoms with Crippen molar-refractivity contribution in [1.29, 1.82) is 0 Å². The smallest absolute Gasteiger partial charge is 0.182 e. The minimum Gasteiger partial charge on any atom is -0.381 e. The zero-order valence-corrected chi connectivity index (χ0v) is 13.8. The lowest BCUT2D eigenvalue weighted by Gasteiger charge is -2.00. The third-order valence-corrected chi connectivity index (χ3v) is 2.50. The number of nitrogens with two attached hydrogens (primary N) is 1. The van der Waals surface area contributed by atoms with Crippen molar-refractivity contribution in [1.82, 2.24) is 19.7 Å². The van der Waals surface area contributed by atoms with Gasteiger partial charge in [0.15, 0.2) is 11.5 Å². The van der Waals surface area contributed by atoms with E-state index in [2.05, 4.69) is 27.1 Å². The van der Waals surface area contributed by atoms with E-state index in [1.807, 2.05) is 7.05 Å². The molecule has 0 aromatic carbocycles. The van der Waals surface area contributed by atoms with Crippen LogP contribution in [0.2, 0.25) is 5.15 Å². The van der Waals surface area contributed by atoms with Gasteiger partial charge in [-0.15, -0.1) is 37.2 Å². The molecule has 0 radical (unpaired) electrons. The molecule has 0 aliphatic carbocycles. The van der Waals surface area contributed by atoms with Crippen LogP contribution in [0.4, 0.5) is 5.82 Å². The van der Waals surface area contributed by atoms with Gasteiger partial charge in [-0.1, -0.05) is 17.5 Å². The Labute approximate surface area is 140 Å².